The average Bonchev–Trinajstić information content (AvgIpc) is 2.93. The maximum atomic E-state index is 12.3. The number of amides is 1. The van der Waals surface area contributed by atoms with E-state index >= 15 is 0 Å². The number of carbonyl (C=O) groups excluding carboxylic acids is 1. The third kappa shape index (κ3) is 2.26. The summed E-state index contributed by atoms with van der Waals surface area (Å²) in [5, 5.41) is 15.8. The minimum atomic E-state index is -0.362. The first-order valence-corrected chi connectivity index (χ1v) is 6.07. The lowest BCUT2D eigenvalue weighted by Gasteiger charge is -2.06. The number of nitriles is 1. The van der Waals surface area contributed by atoms with Crippen LogP contribution in [0.3, 0.4) is 0 Å². The van der Waals surface area contributed by atoms with Crippen LogP contribution >= 0.6 is 0 Å². The van der Waals surface area contributed by atoms with E-state index < -0.39 is 0 Å². The fraction of sp³-hybridized carbons (Fsp3) is 0. The standard InChI is InChI=1S/C14H10N6O/c15-6-9-5-10(16)1-2-12(9)19-14(21)11-7-18-20-4-3-17-8-13(11)20/h1-5,7-8H,16H2,(H,19,21). The van der Waals surface area contributed by atoms with Gasteiger partial charge in [0.1, 0.15) is 6.07 Å². The number of benzene rings is 1. The Morgan fingerprint density at radius 2 is 2.24 bits per heavy atom. The largest absolute Gasteiger partial charge is 0.399 e. The number of rotatable bonds is 2. The van der Waals surface area contributed by atoms with Crippen LogP contribution in [0, 0.1) is 11.3 Å². The van der Waals surface area contributed by atoms with Gasteiger partial charge in [0.2, 0.25) is 0 Å². The number of hydrogen-bond donors (Lipinski definition) is 2. The van der Waals surface area contributed by atoms with Gasteiger partial charge >= 0.3 is 0 Å². The maximum absolute atomic E-state index is 12.3. The van der Waals surface area contributed by atoms with Crippen molar-refractivity contribution in [3.63, 3.8) is 0 Å². The summed E-state index contributed by atoms with van der Waals surface area (Å²) >= 11 is 0. The molecule has 0 spiro atoms. The molecule has 2 aromatic heterocycles. The van der Waals surface area contributed by atoms with E-state index in [1.807, 2.05) is 6.07 Å². The molecule has 3 rings (SSSR count). The van der Waals surface area contributed by atoms with E-state index in [4.69, 9.17) is 11.0 Å². The van der Waals surface area contributed by atoms with Gasteiger partial charge in [-0.2, -0.15) is 10.4 Å². The van der Waals surface area contributed by atoms with Crippen molar-refractivity contribution in [2.24, 2.45) is 0 Å². The molecule has 7 nitrogen and oxygen atoms in total. The van der Waals surface area contributed by atoms with Crippen molar-refractivity contribution in [2.45, 2.75) is 0 Å². The molecule has 7 heteroatoms. The summed E-state index contributed by atoms with van der Waals surface area (Å²) < 4.78 is 1.55. The van der Waals surface area contributed by atoms with E-state index in [0.29, 0.717) is 28.0 Å². The molecule has 0 atom stereocenters. The van der Waals surface area contributed by atoms with Gasteiger partial charge in [0.25, 0.3) is 5.91 Å². The zero-order valence-corrected chi connectivity index (χ0v) is 10.8. The summed E-state index contributed by atoms with van der Waals surface area (Å²) in [4.78, 5) is 16.3. The van der Waals surface area contributed by atoms with Crippen LogP contribution < -0.4 is 11.1 Å². The summed E-state index contributed by atoms with van der Waals surface area (Å²) in [5.41, 5.74) is 7.75. The molecule has 0 saturated heterocycles. The van der Waals surface area contributed by atoms with Gasteiger partial charge in [0, 0.05) is 18.1 Å². The number of nitrogen functional groups attached to an aromatic ring is 1. The Labute approximate surface area is 119 Å². The van der Waals surface area contributed by atoms with E-state index in [0.717, 1.165) is 0 Å². The molecule has 0 aliphatic carbocycles. The molecule has 2 heterocycles. The molecule has 1 aromatic carbocycles. The number of nitrogens with one attached hydrogen (secondary N) is 1. The monoisotopic (exact) mass is 278 g/mol. The van der Waals surface area contributed by atoms with Crippen molar-refractivity contribution in [2.75, 3.05) is 11.1 Å². The van der Waals surface area contributed by atoms with Crippen molar-refractivity contribution < 1.29 is 4.79 Å². The fourth-order valence-corrected chi connectivity index (χ4v) is 1.96. The number of aromatic nitrogens is 3. The van der Waals surface area contributed by atoms with E-state index in [9.17, 15) is 4.79 Å². The van der Waals surface area contributed by atoms with Crippen LogP contribution in [0.25, 0.3) is 5.52 Å². The van der Waals surface area contributed by atoms with E-state index in [1.54, 1.807) is 35.2 Å². The Morgan fingerprint density at radius 1 is 1.38 bits per heavy atom. The van der Waals surface area contributed by atoms with Gasteiger partial charge in [-0.05, 0) is 18.2 Å². The highest BCUT2D eigenvalue weighted by Gasteiger charge is 2.14. The molecule has 3 N–H and O–H groups in total. The molecule has 3 aromatic rings. The Kier molecular flexibility index (Phi) is 2.97. The molecule has 1 amide bonds. The van der Waals surface area contributed by atoms with Gasteiger partial charge in [-0.25, -0.2) is 4.52 Å². The van der Waals surface area contributed by atoms with Crippen LogP contribution in [-0.4, -0.2) is 20.5 Å². The molecule has 0 aliphatic heterocycles. The Morgan fingerprint density at radius 3 is 3.05 bits per heavy atom. The second-order valence-electron chi connectivity index (χ2n) is 4.34. The molecular weight excluding hydrogens is 268 g/mol. The first-order valence-electron chi connectivity index (χ1n) is 6.07. The van der Waals surface area contributed by atoms with E-state index in [-0.39, 0.29) is 5.91 Å². The number of anilines is 2. The summed E-state index contributed by atoms with van der Waals surface area (Å²) in [6, 6.07) is 6.72. The van der Waals surface area contributed by atoms with Gasteiger partial charge < -0.3 is 11.1 Å². The maximum Gasteiger partial charge on any atom is 0.259 e. The molecule has 0 fully saturated rings. The smallest absolute Gasteiger partial charge is 0.259 e. The number of fused-ring (bicyclic) bond motifs is 1. The number of hydrogen-bond acceptors (Lipinski definition) is 5. The molecule has 0 aliphatic rings. The average molecular weight is 278 g/mol. The third-order valence-electron chi connectivity index (χ3n) is 2.98. The minimum absolute atomic E-state index is 0.304. The van der Waals surface area contributed by atoms with Crippen molar-refractivity contribution in [3.8, 4) is 6.07 Å². The lowest BCUT2D eigenvalue weighted by molar-refractivity contribution is 0.102. The quantitative estimate of drug-likeness (QED) is 0.689. The summed E-state index contributed by atoms with van der Waals surface area (Å²) in [6.07, 6.45) is 6.23. The molecule has 102 valence electrons. The van der Waals surface area contributed by atoms with Crippen LogP contribution in [-0.2, 0) is 0 Å². The van der Waals surface area contributed by atoms with Crippen LogP contribution in [0.1, 0.15) is 15.9 Å². The molecule has 0 bridgehead atoms. The second kappa shape index (κ2) is 4.94. The van der Waals surface area contributed by atoms with E-state index in [1.165, 1.54) is 12.3 Å². The van der Waals surface area contributed by atoms with Gasteiger partial charge in [-0.3, -0.25) is 9.78 Å². The summed E-state index contributed by atoms with van der Waals surface area (Å²) in [5.74, 6) is -0.362. The summed E-state index contributed by atoms with van der Waals surface area (Å²) in [7, 11) is 0. The van der Waals surface area contributed by atoms with Gasteiger partial charge in [0.05, 0.1) is 34.7 Å². The molecule has 0 saturated carbocycles. The number of nitrogens with zero attached hydrogens (tertiary/aromatic N) is 4. The van der Waals surface area contributed by atoms with Gasteiger partial charge in [-0.1, -0.05) is 0 Å². The molecule has 21 heavy (non-hydrogen) atoms. The van der Waals surface area contributed by atoms with Crippen molar-refractivity contribution in [1.29, 1.82) is 5.26 Å². The first kappa shape index (κ1) is 12.6. The van der Waals surface area contributed by atoms with Crippen molar-refractivity contribution in [1.82, 2.24) is 14.6 Å². The normalized spacial score (nSPS) is 10.2. The van der Waals surface area contributed by atoms with E-state index in [2.05, 4.69) is 15.4 Å². The lowest BCUT2D eigenvalue weighted by Crippen LogP contribution is -2.12. The molecule has 0 radical (unpaired) electrons. The van der Waals surface area contributed by atoms with Crippen LogP contribution in [0.15, 0.2) is 43.0 Å². The topological polar surface area (TPSA) is 109 Å². The first-order chi connectivity index (χ1) is 10.2. The summed E-state index contributed by atoms with van der Waals surface area (Å²) in [6.45, 7) is 0. The highest BCUT2D eigenvalue weighted by atomic mass is 16.1. The fourth-order valence-electron chi connectivity index (χ4n) is 1.96. The number of carbonyl (C=O) groups is 1. The number of nitrogens with two attached hydrogens (primary N) is 1. The zero-order chi connectivity index (χ0) is 14.8. The predicted octanol–water partition coefficient (Wildman–Crippen LogP) is 1.44. The highest BCUT2D eigenvalue weighted by molar-refractivity contribution is 6.09. The SMILES string of the molecule is N#Cc1cc(N)ccc1NC(=O)c1cnn2ccncc12. The minimum Gasteiger partial charge on any atom is -0.399 e. The highest BCUT2D eigenvalue weighted by Crippen LogP contribution is 2.19. The Hall–Kier alpha value is -3.40. The molecular formula is C14H10N6O. The lowest BCUT2D eigenvalue weighted by atomic mass is 10.1. The predicted molar refractivity (Wildman–Crippen MR) is 76.5 cm³/mol. The zero-order valence-electron chi connectivity index (χ0n) is 10.8. The Balaban J connectivity index is 1.96. The molecule has 0 unspecified atom stereocenters. The van der Waals surface area contributed by atoms with Gasteiger partial charge in [0.15, 0.2) is 0 Å². The van der Waals surface area contributed by atoms with Crippen molar-refractivity contribution in [3.05, 3.63) is 54.1 Å². The van der Waals surface area contributed by atoms with Crippen LogP contribution in [0.2, 0.25) is 0 Å². The van der Waals surface area contributed by atoms with Gasteiger partial charge in [-0.15, -0.1) is 0 Å². The Bertz CT molecular complexity index is 877. The van der Waals surface area contributed by atoms with Crippen LogP contribution in [0.4, 0.5) is 11.4 Å². The van der Waals surface area contributed by atoms with Crippen LogP contribution in [0.5, 0.6) is 0 Å². The second-order valence-corrected chi connectivity index (χ2v) is 4.34. The van der Waals surface area contributed by atoms with Crippen molar-refractivity contribution >= 4 is 22.8 Å². The third-order valence-corrected chi connectivity index (χ3v) is 2.98.